The van der Waals surface area contributed by atoms with Gasteiger partial charge in [0, 0.05) is 33.4 Å². The Bertz CT molecular complexity index is 2320. The quantitative estimate of drug-likeness (QED) is 0.175. The summed E-state index contributed by atoms with van der Waals surface area (Å²) in [7, 11) is 0. The maximum atomic E-state index is 5.06. The standard InChI is InChI=1S/C44H31N5/c1-30-23-25-31(26-24-30)39-29-40(46-41(45-39)32-13-5-2-6-14-32)37-21-11-19-35(27-37)36-20-12-22-38(28-36)44-48-42(33-15-7-3-8-16-33)47-43(49-44)34-17-9-4-10-18-34/h2-29H,1H3. The second-order valence-corrected chi connectivity index (χ2v) is 11.9. The number of hydrogen-bond donors (Lipinski definition) is 0. The average molecular weight is 630 g/mol. The molecule has 6 aromatic carbocycles. The third kappa shape index (κ3) is 6.51. The van der Waals surface area contributed by atoms with Crippen molar-refractivity contribution in [3.63, 3.8) is 0 Å². The lowest BCUT2D eigenvalue weighted by Gasteiger charge is -2.12. The van der Waals surface area contributed by atoms with Crippen molar-refractivity contribution in [3.05, 3.63) is 175 Å². The van der Waals surface area contributed by atoms with Crippen LogP contribution in [0.25, 0.3) is 79.2 Å². The van der Waals surface area contributed by atoms with Crippen LogP contribution in [0.4, 0.5) is 0 Å². The molecule has 0 saturated heterocycles. The maximum Gasteiger partial charge on any atom is 0.164 e. The number of rotatable bonds is 7. The van der Waals surface area contributed by atoms with Crippen LogP contribution in [-0.2, 0) is 0 Å². The van der Waals surface area contributed by atoms with E-state index in [0.29, 0.717) is 23.3 Å². The Labute approximate surface area is 285 Å². The summed E-state index contributed by atoms with van der Waals surface area (Å²) in [5, 5.41) is 0. The Morgan fingerprint density at radius 1 is 0.265 bits per heavy atom. The number of aryl methyl sites for hydroxylation is 1. The molecule has 0 saturated carbocycles. The van der Waals surface area contributed by atoms with Gasteiger partial charge in [0.05, 0.1) is 11.4 Å². The van der Waals surface area contributed by atoms with Gasteiger partial charge in [0.2, 0.25) is 0 Å². The van der Waals surface area contributed by atoms with Crippen LogP contribution in [0.1, 0.15) is 5.56 Å². The van der Waals surface area contributed by atoms with Gasteiger partial charge in [-0.15, -0.1) is 0 Å². The molecule has 2 aromatic heterocycles. The predicted octanol–water partition coefficient (Wildman–Crippen LogP) is 10.6. The Hall–Kier alpha value is -6.59. The van der Waals surface area contributed by atoms with Gasteiger partial charge in [-0.05, 0) is 36.2 Å². The Morgan fingerprint density at radius 3 is 1.14 bits per heavy atom. The van der Waals surface area contributed by atoms with Gasteiger partial charge in [-0.3, -0.25) is 0 Å². The van der Waals surface area contributed by atoms with Crippen LogP contribution < -0.4 is 0 Å². The molecule has 0 unspecified atom stereocenters. The lowest BCUT2D eigenvalue weighted by molar-refractivity contribution is 1.07. The monoisotopic (exact) mass is 629 g/mol. The first kappa shape index (κ1) is 29.8. The highest BCUT2D eigenvalue weighted by molar-refractivity contribution is 5.78. The van der Waals surface area contributed by atoms with Gasteiger partial charge in [0.25, 0.3) is 0 Å². The van der Waals surface area contributed by atoms with Crippen molar-refractivity contribution in [2.75, 3.05) is 0 Å². The van der Waals surface area contributed by atoms with Crippen LogP contribution in [0.5, 0.6) is 0 Å². The molecule has 0 radical (unpaired) electrons. The van der Waals surface area contributed by atoms with Crippen molar-refractivity contribution in [1.82, 2.24) is 24.9 Å². The molecule has 0 bridgehead atoms. The van der Waals surface area contributed by atoms with Gasteiger partial charge in [0.15, 0.2) is 23.3 Å². The number of hydrogen-bond acceptors (Lipinski definition) is 5. The summed E-state index contributed by atoms with van der Waals surface area (Å²) in [6, 6.07) is 57.6. The maximum absolute atomic E-state index is 5.06. The molecule has 232 valence electrons. The normalized spacial score (nSPS) is 11.0. The summed E-state index contributed by atoms with van der Waals surface area (Å²) in [6.07, 6.45) is 0. The first-order valence-electron chi connectivity index (χ1n) is 16.3. The Balaban J connectivity index is 1.20. The third-order valence-electron chi connectivity index (χ3n) is 8.42. The van der Waals surface area contributed by atoms with Gasteiger partial charge in [-0.1, -0.05) is 157 Å². The van der Waals surface area contributed by atoms with E-state index in [9.17, 15) is 0 Å². The Morgan fingerprint density at radius 2 is 0.633 bits per heavy atom. The van der Waals surface area contributed by atoms with Crippen LogP contribution >= 0.6 is 0 Å². The van der Waals surface area contributed by atoms with Crippen LogP contribution in [0.3, 0.4) is 0 Å². The fourth-order valence-electron chi connectivity index (χ4n) is 5.82. The van der Waals surface area contributed by atoms with E-state index in [1.807, 2.05) is 91.0 Å². The SMILES string of the molecule is Cc1ccc(-c2cc(-c3cccc(-c4cccc(-c5nc(-c6ccccc6)nc(-c6ccccc6)n5)c4)c3)nc(-c3ccccc3)n2)cc1. The van der Waals surface area contributed by atoms with Crippen LogP contribution in [0.2, 0.25) is 0 Å². The molecule has 2 heterocycles. The van der Waals surface area contributed by atoms with Crippen molar-refractivity contribution >= 4 is 0 Å². The molecule has 0 aliphatic heterocycles. The number of nitrogens with zero attached hydrogens (tertiary/aromatic N) is 5. The first-order valence-corrected chi connectivity index (χ1v) is 16.3. The average Bonchev–Trinajstić information content (AvgIpc) is 3.19. The largest absolute Gasteiger partial charge is 0.228 e. The van der Waals surface area contributed by atoms with Gasteiger partial charge >= 0.3 is 0 Å². The first-order chi connectivity index (χ1) is 24.2. The number of aromatic nitrogens is 5. The zero-order valence-corrected chi connectivity index (χ0v) is 26.9. The van der Waals surface area contributed by atoms with E-state index in [1.54, 1.807) is 0 Å². The van der Waals surface area contributed by atoms with Gasteiger partial charge in [0.1, 0.15) is 0 Å². The molecule has 5 nitrogen and oxygen atoms in total. The minimum Gasteiger partial charge on any atom is -0.228 e. The lowest BCUT2D eigenvalue weighted by atomic mass is 9.99. The highest BCUT2D eigenvalue weighted by atomic mass is 15.0. The molecule has 0 atom stereocenters. The number of benzene rings is 6. The van der Waals surface area contributed by atoms with E-state index >= 15 is 0 Å². The summed E-state index contributed by atoms with van der Waals surface area (Å²) < 4.78 is 0. The van der Waals surface area contributed by atoms with E-state index in [-0.39, 0.29) is 0 Å². The molecule has 5 heteroatoms. The van der Waals surface area contributed by atoms with Gasteiger partial charge in [-0.2, -0.15) is 0 Å². The van der Waals surface area contributed by atoms with Gasteiger partial charge < -0.3 is 0 Å². The molecule has 0 amide bonds. The van der Waals surface area contributed by atoms with Crippen LogP contribution in [0.15, 0.2) is 170 Å². The molecule has 0 spiro atoms. The summed E-state index contributed by atoms with van der Waals surface area (Å²) in [5.41, 5.74) is 10.9. The van der Waals surface area contributed by atoms with Crippen molar-refractivity contribution < 1.29 is 0 Å². The molecule has 49 heavy (non-hydrogen) atoms. The van der Waals surface area contributed by atoms with Gasteiger partial charge in [-0.25, -0.2) is 24.9 Å². The fraction of sp³-hybridized carbons (Fsp3) is 0.0227. The van der Waals surface area contributed by atoms with Crippen molar-refractivity contribution in [2.45, 2.75) is 6.92 Å². The summed E-state index contributed by atoms with van der Waals surface area (Å²) in [4.78, 5) is 24.8. The molecule has 8 aromatic rings. The molecule has 0 aliphatic carbocycles. The molecular weight excluding hydrogens is 599 g/mol. The highest BCUT2D eigenvalue weighted by Crippen LogP contribution is 2.32. The van der Waals surface area contributed by atoms with Crippen molar-refractivity contribution in [2.24, 2.45) is 0 Å². The summed E-state index contributed by atoms with van der Waals surface area (Å²) in [5.74, 6) is 2.59. The lowest BCUT2D eigenvalue weighted by Crippen LogP contribution is -2.00. The van der Waals surface area contributed by atoms with E-state index in [1.165, 1.54) is 5.56 Å². The predicted molar refractivity (Wildman–Crippen MR) is 198 cm³/mol. The minimum absolute atomic E-state index is 0.622. The zero-order chi connectivity index (χ0) is 33.0. The smallest absolute Gasteiger partial charge is 0.164 e. The molecule has 0 aliphatic rings. The molecule has 0 N–H and O–H groups in total. The van der Waals surface area contributed by atoms with Crippen molar-refractivity contribution in [1.29, 1.82) is 0 Å². The van der Waals surface area contributed by atoms with Crippen LogP contribution in [0, 0.1) is 6.92 Å². The minimum atomic E-state index is 0.622. The summed E-state index contributed by atoms with van der Waals surface area (Å²) in [6.45, 7) is 2.09. The molecule has 0 fully saturated rings. The van der Waals surface area contributed by atoms with Crippen LogP contribution in [-0.4, -0.2) is 24.9 Å². The highest BCUT2D eigenvalue weighted by Gasteiger charge is 2.14. The van der Waals surface area contributed by atoms with E-state index in [4.69, 9.17) is 24.9 Å². The topological polar surface area (TPSA) is 64.5 Å². The Kier molecular flexibility index (Phi) is 8.06. The molecule has 8 rings (SSSR count). The second kappa shape index (κ2) is 13.3. The fourth-order valence-corrected chi connectivity index (χ4v) is 5.82. The second-order valence-electron chi connectivity index (χ2n) is 11.9. The van der Waals surface area contributed by atoms with E-state index in [0.717, 1.165) is 55.9 Å². The molecular formula is C44H31N5. The summed E-state index contributed by atoms with van der Waals surface area (Å²) >= 11 is 0. The van der Waals surface area contributed by atoms with E-state index in [2.05, 4.69) is 85.8 Å². The van der Waals surface area contributed by atoms with E-state index < -0.39 is 0 Å². The third-order valence-corrected chi connectivity index (χ3v) is 8.42. The van der Waals surface area contributed by atoms with Crippen molar-refractivity contribution in [3.8, 4) is 79.2 Å². The zero-order valence-electron chi connectivity index (χ0n) is 26.9.